The summed E-state index contributed by atoms with van der Waals surface area (Å²) in [5.41, 5.74) is -2.79. The quantitative estimate of drug-likeness (QED) is 0.349. The van der Waals surface area contributed by atoms with E-state index in [9.17, 15) is 48.7 Å². The van der Waals surface area contributed by atoms with Crippen LogP contribution in [0.5, 0.6) is 5.88 Å². The number of carbonyl (C=O) groups is 1. The Morgan fingerprint density at radius 1 is 1.15 bits per heavy atom. The lowest BCUT2D eigenvalue weighted by atomic mass is 10.0. The molecule has 39 heavy (non-hydrogen) atoms. The van der Waals surface area contributed by atoms with E-state index >= 15 is 0 Å². The molecule has 0 spiro atoms. The predicted octanol–water partition coefficient (Wildman–Crippen LogP) is 5.85. The Balaban J connectivity index is 1.75. The monoisotopic (exact) mass is 593 g/mol. The number of carbonyl (C=O) groups excluding carboxylic acids is 1. The highest BCUT2D eigenvalue weighted by Gasteiger charge is 2.60. The Morgan fingerprint density at radius 3 is 2.36 bits per heavy atom. The second kappa shape index (κ2) is 9.60. The Hall–Kier alpha value is -3.50. The molecule has 212 valence electrons. The highest BCUT2D eigenvalue weighted by Crippen LogP contribution is 2.44. The van der Waals surface area contributed by atoms with Gasteiger partial charge in [0.1, 0.15) is 5.82 Å². The van der Waals surface area contributed by atoms with E-state index in [0.29, 0.717) is 9.36 Å². The van der Waals surface area contributed by atoms with Crippen LogP contribution in [-0.4, -0.2) is 50.0 Å². The van der Waals surface area contributed by atoms with Crippen molar-refractivity contribution in [2.24, 2.45) is 7.05 Å². The fourth-order valence-corrected chi connectivity index (χ4v) is 3.69. The van der Waals surface area contributed by atoms with Gasteiger partial charge in [0.05, 0.1) is 16.8 Å². The van der Waals surface area contributed by atoms with Gasteiger partial charge in [0, 0.05) is 30.4 Å². The van der Waals surface area contributed by atoms with Crippen LogP contribution in [0.25, 0.3) is 16.9 Å². The minimum Gasteiger partial charge on any atom is -0.410 e. The van der Waals surface area contributed by atoms with Crippen molar-refractivity contribution in [3.63, 3.8) is 0 Å². The summed E-state index contributed by atoms with van der Waals surface area (Å²) in [6.45, 7) is 0. The van der Waals surface area contributed by atoms with Crippen molar-refractivity contribution in [2.45, 2.75) is 43.5 Å². The van der Waals surface area contributed by atoms with Gasteiger partial charge in [0.15, 0.2) is 11.4 Å². The van der Waals surface area contributed by atoms with E-state index in [1.807, 2.05) is 0 Å². The molecule has 1 aliphatic carbocycles. The molecule has 1 amide bonds. The number of aryl methyl sites for hydroxylation is 1. The average Bonchev–Trinajstić information content (AvgIpc) is 3.35. The molecule has 0 aliphatic heterocycles. The molecule has 2 heterocycles. The summed E-state index contributed by atoms with van der Waals surface area (Å²) >= 11 is 5.96. The van der Waals surface area contributed by atoms with E-state index in [4.69, 9.17) is 11.6 Å². The summed E-state index contributed by atoms with van der Waals surface area (Å²) in [6.07, 6.45) is -19.3. The number of benzene rings is 1. The molecule has 4 rings (SSSR count). The molecule has 2 aromatic heterocycles. The zero-order valence-corrected chi connectivity index (χ0v) is 19.9. The molecule has 1 N–H and O–H groups in total. The van der Waals surface area contributed by atoms with E-state index in [0.717, 1.165) is 44.4 Å². The van der Waals surface area contributed by atoms with Crippen molar-refractivity contribution in [1.82, 2.24) is 24.9 Å². The molecule has 3 aromatic rings. The largest absolute Gasteiger partial charge is 0.440 e. The van der Waals surface area contributed by atoms with E-state index < -0.39 is 53.6 Å². The van der Waals surface area contributed by atoms with Gasteiger partial charge in [-0.1, -0.05) is 11.6 Å². The van der Waals surface area contributed by atoms with Crippen LogP contribution in [0.1, 0.15) is 28.8 Å². The smallest absolute Gasteiger partial charge is 0.410 e. The molecule has 0 saturated heterocycles. The lowest BCUT2D eigenvalue weighted by Crippen LogP contribution is -2.46. The van der Waals surface area contributed by atoms with Crippen molar-refractivity contribution in [3.8, 4) is 22.8 Å². The zero-order chi connectivity index (χ0) is 29.1. The summed E-state index contributed by atoms with van der Waals surface area (Å²) < 4.78 is 139. The Bertz CT molecular complexity index is 1410. The molecule has 1 saturated carbocycles. The predicted molar refractivity (Wildman–Crippen MR) is 113 cm³/mol. The molecular formula is C21H14ClF10N5O2. The van der Waals surface area contributed by atoms with Crippen molar-refractivity contribution >= 4 is 17.5 Å². The molecule has 1 aliphatic rings. The van der Waals surface area contributed by atoms with Crippen LogP contribution in [-0.2, 0) is 13.2 Å². The normalized spacial score (nSPS) is 15.4. The molecule has 7 nitrogen and oxygen atoms in total. The number of hydrogen-bond acceptors (Lipinski definition) is 4. The first-order chi connectivity index (χ1) is 17.9. The maximum atomic E-state index is 14.7. The SMILES string of the molecule is Cn1nc(OC(F)(F)C(F)C(F)(F)F)c(C(F)(F)F)c1-n1cc(-c2cc(C(=O)NC3CC3)c(Cl)cc2F)cn1. The minimum absolute atomic E-state index is 0.0805. The summed E-state index contributed by atoms with van der Waals surface area (Å²) in [5.74, 6) is -4.82. The first kappa shape index (κ1) is 28.5. The average molecular weight is 594 g/mol. The van der Waals surface area contributed by atoms with Crippen LogP contribution < -0.4 is 10.1 Å². The maximum Gasteiger partial charge on any atom is 0.440 e. The zero-order valence-electron chi connectivity index (χ0n) is 19.1. The van der Waals surface area contributed by atoms with Crippen molar-refractivity contribution in [3.05, 3.63) is 46.5 Å². The Kier molecular flexibility index (Phi) is 7.02. The second-order valence-electron chi connectivity index (χ2n) is 8.43. The fourth-order valence-electron chi connectivity index (χ4n) is 3.46. The van der Waals surface area contributed by atoms with Crippen LogP contribution in [0.2, 0.25) is 5.02 Å². The first-order valence-corrected chi connectivity index (χ1v) is 11.0. The van der Waals surface area contributed by atoms with Crippen LogP contribution in [0, 0.1) is 5.82 Å². The molecule has 1 fully saturated rings. The van der Waals surface area contributed by atoms with E-state index in [1.165, 1.54) is 0 Å². The standard InChI is InChI=1S/C21H14ClF10N5O2/c1-36-17(14(19(25,26)27)16(35-36)39-21(31,32)18(24)20(28,29)30)37-7-8(6-33-37)10-4-11(12(22)5-13(10)23)15(38)34-9-2-3-9/h4-7,9,18H,2-3H2,1H3,(H,34,38). The number of alkyl halides is 9. The van der Waals surface area contributed by atoms with Gasteiger partial charge < -0.3 is 10.1 Å². The van der Waals surface area contributed by atoms with Crippen molar-refractivity contribution < 1.29 is 53.4 Å². The first-order valence-electron chi connectivity index (χ1n) is 10.7. The summed E-state index contributed by atoms with van der Waals surface area (Å²) in [4.78, 5) is 12.4. The lowest BCUT2D eigenvalue weighted by molar-refractivity contribution is -0.306. The van der Waals surface area contributed by atoms with Crippen LogP contribution >= 0.6 is 11.6 Å². The van der Waals surface area contributed by atoms with Gasteiger partial charge in [-0.25, -0.2) is 18.1 Å². The molecule has 1 atom stereocenters. The number of nitrogens with zero attached hydrogens (tertiary/aromatic N) is 4. The number of rotatable bonds is 7. The maximum absolute atomic E-state index is 14.7. The summed E-state index contributed by atoms with van der Waals surface area (Å²) in [7, 11) is 0.789. The third-order valence-corrected chi connectivity index (χ3v) is 5.72. The molecule has 0 radical (unpaired) electrons. The summed E-state index contributed by atoms with van der Waals surface area (Å²) in [5, 5.41) is 9.06. The topological polar surface area (TPSA) is 74.0 Å². The summed E-state index contributed by atoms with van der Waals surface area (Å²) in [6, 6.07) is 1.74. The molecule has 0 bridgehead atoms. The minimum atomic E-state index is -6.16. The third kappa shape index (κ3) is 5.77. The number of halogens is 11. The Morgan fingerprint density at radius 2 is 1.79 bits per heavy atom. The lowest BCUT2D eigenvalue weighted by Gasteiger charge is -2.22. The van der Waals surface area contributed by atoms with Gasteiger partial charge >= 0.3 is 18.5 Å². The third-order valence-electron chi connectivity index (χ3n) is 5.41. The van der Waals surface area contributed by atoms with Crippen LogP contribution in [0.3, 0.4) is 0 Å². The highest BCUT2D eigenvalue weighted by atomic mass is 35.5. The number of amides is 1. The van der Waals surface area contributed by atoms with Crippen LogP contribution in [0.4, 0.5) is 43.9 Å². The van der Waals surface area contributed by atoms with E-state index in [2.05, 4.69) is 20.3 Å². The van der Waals surface area contributed by atoms with Crippen LogP contribution in [0.15, 0.2) is 24.5 Å². The van der Waals surface area contributed by atoms with Gasteiger partial charge in [0.2, 0.25) is 0 Å². The second-order valence-corrected chi connectivity index (χ2v) is 8.83. The number of nitrogens with one attached hydrogen (secondary N) is 1. The molecular weight excluding hydrogens is 580 g/mol. The fraction of sp³-hybridized carbons (Fsp3) is 0.381. The highest BCUT2D eigenvalue weighted by molar-refractivity contribution is 6.34. The van der Waals surface area contributed by atoms with Gasteiger partial charge in [-0.2, -0.15) is 40.2 Å². The molecule has 1 unspecified atom stereocenters. The van der Waals surface area contributed by atoms with Gasteiger partial charge in [-0.05, 0) is 25.0 Å². The van der Waals surface area contributed by atoms with Crippen molar-refractivity contribution in [2.75, 3.05) is 0 Å². The van der Waals surface area contributed by atoms with Gasteiger partial charge in [-0.15, -0.1) is 5.10 Å². The van der Waals surface area contributed by atoms with E-state index in [1.54, 1.807) is 0 Å². The number of hydrogen-bond donors (Lipinski definition) is 1. The number of ether oxygens (including phenoxy) is 1. The Labute approximate surface area is 216 Å². The molecule has 18 heteroatoms. The molecule has 1 aromatic carbocycles. The van der Waals surface area contributed by atoms with Gasteiger partial charge in [-0.3, -0.25) is 4.79 Å². The van der Waals surface area contributed by atoms with E-state index in [-0.39, 0.29) is 27.8 Å². The van der Waals surface area contributed by atoms with Crippen molar-refractivity contribution in [1.29, 1.82) is 0 Å². The van der Waals surface area contributed by atoms with Gasteiger partial charge in [0.25, 0.3) is 18.0 Å². The number of aromatic nitrogens is 4.